The fourth-order valence-electron chi connectivity index (χ4n) is 4.01. The first-order valence-corrected chi connectivity index (χ1v) is 10.6. The number of benzene rings is 2. The molecule has 32 heavy (non-hydrogen) atoms. The number of hydrogen-bond acceptors (Lipinski definition) is 5. The van der Waals surface area contributed by atoms with Crippen LogP contribution in [0, 0.1) is 11.6 Å². The lowest BCUT2D eigenvalue weighted by molar-refractivity contribution is -0.143. The van der Waals surface area contributed by atoms with E-state index in [2.05, 4.69) is 5.32 Å². The number of amides is 2. The number of carbonyl (C=O) groups is 2. The van der Waals surface area contributed by atoms with E-state index in [9.17, 15) is 23.5 Å². The molecule has 0 radical (unpaired) electrons. The molecule has 0 unspecified atom stereocenters. The van der Waals surface area contributed by atoms with Crippen molar-refractivity contribution in [3.63, 3.8) is 0 Å². The number of hydrogen-bond donors (Lipinski definition) is 3. The smallest absolute Gasteiger partial charge is 0.259 e. The van der Waals surface area contributed by atoms with Gasteiger partial charge in [0.2, 0.25) is 0 Å². The number of carbonyl (C=O) groups excluding carboxylic acids is 2. The molecule has 9 heteroatoms. The van der Waals surface area contributed by atoms with Crippen LogP contribution < -0.4 is 11.1 Å². The molecule has 2 aromatic carbocycles. The van der Waals surface area contributed by atoms with Gasteiger partial charge < -0.3 is 26.0 Å². The average Bonchev–Trinajstić information content (AvgIpc) is 3.56. The van der Waals surface area contributed by atoms with Gasteiger partial charge in [0, 0.05) is 45.5 Å². The molecule has 7 nitrogen and oxygen atoms in total. The number of nitrogens with zero attached hydrogens (tertiary/aromatic N) is 2. The molecule has 1 saturated carbocycles. The highest BCUT2D eigenvalue weighted by Crippen LogP contribution is 2.37. The lowest BCUT2D eigenvalue weighted by atomic mass is 9.99. The summed E-state index contributed by atoms with van der Waals surface area (Å²) in [7, 11) is 1.74. The number of anilines is 1. The Morgan fingerprint density at radius 3 is 2.16 bits per heavy atom. The molecule has 2 aromatic rings. The van der Waals surface area contributed by atoms with E-state index in [1.54, 1.807) is 25.2 Å². The van der Waals surface area contributed by atoms with Crippen LogP contribution >= 0.6 is 0 Å². The third-order valence-corrected chi connectivity index (χ3v) is 6.16. The van der Waals surface area contributed by atoms with Gasteiger partial charge in [-0.2, -0.15) is 0 Å². The molecular weight excluding hydrogens is 418 g/mol. The van der Waals surface area contributed by atoms with Crippen LogP contribution in [-0.4, -0.2) is 65.5 Å². The van der Waals surface area contributed by atoms with Gasteiger partial charge in [0.15, 0.2) is 0 Å². The van der Waals surface area contributed by atoms with E-state index in [0.29, 0.717) is 30.5 Å². The van der Waals surface area contributed by atoms with E-state index in [1.165, 1.54) is 9.80 Å². The highest BCUT2D eigenvalue weighted by molar-refractivity contribution is 5.96. The summed E-state index contributed by atoms with van der Waals surface area (Å²) < 4.78 is 29.8. The van der Waals surface area contributed by atoms with Crippen molar-refractivity contribution in [1.29, 1.82) is 0 Å². The number of halogens is 2. The molecule has 1 saturated heterocycles. The lowest BCUT2D eigenvalue weighted by Crippen LogP contribution is -2.53. The third-order valence-electron chi connectivity index (χ3n) is 6.16. The molecule has 4 rings (SSSR count). The molecule has 2 amide bonds. The fraction of sp³-hybridized carbons (Fsp3) is 0.391. The lowest BCUT2D eigenvalue weighted by Gasteiger charge is -2.35. The molecule has 1 aliphatic carbocycles. The third kappa shape index (κ3) is 4.05. The van der Waals surface area contributed by atoms with Gasteiger partial charge in [0.1, 0.15) is 22.8 Å². The van der Waals surface area contributed by atoms with Crippen molar-refractivity contribution in [1.82, 2.24) is 9.80 Å². The fourth-order valence-corrected chi connectivity index (χ4v) is 4.01. The molecule has 2 aliphatic rings. The summed E-state index contributed by atoms with van der Waals surface area (Å²) in [6.45, 7) is 1.05. The first-order valence-electron chi connectivity index (χ1n) is 10.6. The molecule has 0 aromatic heterocycles. The van der Waals surface area contributed by atoms with Crippen molar-refractivity contribution in [2.75, 3.05) is 38.5 Å². The topological polar surface area (TPSA) is 98.9 Å². The zero-order valence-electron chi connectivity index (χ0n) is 17.8. The van der Waals surface area contributed by atoms with E-state index in [0.717, 1.165) is 23.4 Å². The van der Waals surface area contributed by atoms with Gasteiger partial charge >= 0.3 is 0 Å². The van der Waals surface area contributed by atoms with Crippen molar-refractivity contribution in [2.45, 2.75) is 25.0 Å². The van der Waals surface area contributed by atoms with Gasteiger partial charge in [-0.1, -0.05) is 12.1 Å². The quantitative estimate of drug-likeness (QED) is 0.655. The van der Waals surface area contributed by atoms with Crippen LogP contribution in [0.2, 0.25) is 0 Å². The minimum absolute atomic E-state index is 0.146. The van der Waals surface area contributed by atoms with E-state index in [1.807, 2.05) is 0 Å². The molecule has 1 aliphatic heterocycles. The van der Waals surface area contributed by atoms with Crippen molar-refractivity contribution < 1.29 is 23.5 Å². The van der Waals surface area contributed by atoms with Crippen LogP contribution in [0.1, 0.15) is 28.8 Å². The molecule has 0 bridgehead atoms. The van der Waals surface area contributed by atoms with Crippen molar-refractivity contribution in [3.05, 3.63) is 53.1 Å². The summed E-state index contributed by atoms with van der Waals surface area (Å²) >= 11 is 0. The molecular formula is C23H26F2N4O3. The molecule has 170 valence electrons. The maximum absolute atomic E-state index is 14.9. The van der Waals surface area contributed by atoms with E-state index in [-0.39, 0.29) is 32.1 Å². The summed E-state index contributed by atoms with van der Waals surface area (Å²) in [6, 6.07) is 7.56. The number of nitrogens with one attached hydrogen (secondary N) is 1. The van der Waals surface area contributed by atoms with Gasteiger partial charge in [-0.25, -0.2) is 8.78 Å². The Morgan fingerprint density at radius 2 is 1.62 bits per heavy atom. The van der Waals surface area contributed by atoms with Crippen molar-refractivity contribution >= 4 is 17.5 Å². The average molecular weight is 444 g/mol. The molecule has 1 heterocycles. The minimum atomic E-state index is -1.27. The van der Waals surface area contributed by atoms with Crippen LogP contribution in [0.25, 0.3) is 11.1 Å². The summed E-state index contributed by atoms with van der Waals surface area (Å²) in [5, 5.41) is 13.0. The Hall–Kier alpha value is -3.04. The van der Waals surface area contributed by atoms with Gasteiger partial charge in [0.25, 0.3) is 11.8 Å². The maximum Gasteiger partial charge on any atom is 0.259 e. The summed E-state index contributed by atoms with van der Waals surface area (Å²) in [5.41, 5.74) is 6.35. The van der Waals surface area contributed by atoms with Crippen LogP contribution in [0.15, 0.2) is 30.3 Å². The number of piperazine rings is 1. The van der Waals surface area contributed by atoms with Crippen molar-refractivity contribution in [2.24, 2.45) is 5.73 Å². The highest BCUT2D eigenvalue weighted by atomic mass is 19.1. The van der Waals surface area contributed by atoms with Gasteiger partial charge in [-0.05, 0) is 47.7 Å². The molecule has 0 atom stereocenters. The Morgan fingerprint density at radius 1 is 1.03 bits per heavy atom. The first kappa shape index (κ1) is 22.2. The second-order valence-corrected chi connectivity index (χ2v) is 8.26. The number of rotatable bonds is 5. The van der Waals surface area contributed by atoms with Crippen LogP contribution in [0.4, 0.5) is 14.5 Å². The molecule has 4 N–H and O–H groups in total. The summed E-state index contributed by atoms with van der Waals surface area (Å²) in [6.07, 6.45) is 0.886. The van der Waals surface area contributed by atoms with Gasteiger partial charge in [-0.3, -0.25) is 9.59 Å². The van der Waals surface area contributed by atoms with Crippen LogP contribution in [0.3, 0.4) is 0 Å². The molecule has 0 spiro atoms. The Kier molecular flexibility index (Phi) is 5.87. The minimum Gasteiger partial charge on any atom is -0.388 e. The normalized spacial score (nSPS) is 17.3. The first-order chi connectivity index (χ1) is 15.3. The Bertz CT molecular complexity index is 1040. The van der Waals surface area contributed by atoms with E-state index >= 15 is 0 Å². The van der Waals surface area contributed by atoms with Crippen LogP contribution in [-0.2, 0) is 11.3 Å². The van der Waals surface area contributed by atoms with Crippen molar-refractivity contribution in [3.8, 4) is 11.1 Å². The Labute approximate surface area is 184 Å². The van der Waals surface area contributed by atoms with Crippen LogP contribution in [0.5, 0.6) is 0 Å². The predicted molar refractivity (Wildman–Crippen MR) is 116 cm³/mol. The van der Waals surface area contributed by atoms with E-state index in [4.69, 9.17) is 5.73 Å². The van der Waals surface area contributed by atoms with Gasteiger partial charge in [0.05, 0.1) is 0 Å². The zero-order chi connectivity index (χ0) is 23.0. The summed E-state index contributed by atoms with van der Waals surface area (Å²) in [5.74, 6) is -2.97. The molecule has 2 fully saturated rings. The summed E-state index contributed by atoms with van der Waals surface area (Å²) in [4.78, 5) is 27.9. The second kappa shape index (κ2) is 8.48. The number of nitrogens with two attached hydrogens (primary N) is 1. The SMILES string of the molecule is CNc1cc(-c2cc(F)c(C(=O)N3CCN(C(=O)C4(O)CC4)CC3)c(F)c2)ccc1CN. The monoisotopic (exact) mass is 444 g/mol. The van der Waals surface area contributed by atoms with Gasteiger partial charge in [-0.15, -0.1) is 0 Å². The largest absolute Gasteiger partial charge is 0.388 e. The van der Waals surface area contributed by atoms with E-state index < -0.39 is 28.7 Å². The second-order valence-electron chi connectivity index (χ2n) is 8.26. The predicted octanol–water partition coefficient (Wildman–Crippen LogP) is 1.94. The highest BCUT2D eigenvalue weighted by Gasteiger charge is 2.50. The zero-order valence-corrected chi connectivity index (χ0v) is 17.8. The maximum atomic E-state index is 14.9. The standard InChI is InChI=1S/C23H26F2N4O3/c1-27-19-12-14(2-3-15(19)13-26)16-10-17(24)20(18(25)11-16)21(30)28-6-8-29(9-7-28)22(31)23(32)4-5-23/h2-3,10-12,27,32H,4-9,13,26H2,1H3. The Balaban J connectivity index is 1.51. The number of aliphatic hydroxyl groups is 1.